The second-order valence-corrected chi connectivity index (χ2v) is 7.36. The Bertz CT molecular complexity index is 1060. The molecule has 31 heavy (non-hydrogen) atoms. The van der Waals surface area contributed by atoms with Gasteiger partial charge in [0.25, 0.3) is 0 Å². The molecule has 3 aromatic rings. The molecule has 0 amide bonds. The van der Waals surface area contributed by atoms with E-state index in [0.717, 1.165) is 22.7 Å². The molecule has 0 aliphatic carbocycles. The highest BCUT2D eigenvalue weighted by atomic mass is 35.5. The van der Waals surface area contributed by atoms with Crippen molar-refractivity contribution < 1.29 is 23.3 Å². The highest BCUT2D eigenvalue weighted by Gasteiger charge is 2.12. The first-order chi connectivity index (χ1) is 15.1. The van der Waals surface area contributed by atoms with Crippen LogP contribution in [-0.4, -0.2) is 19.8 Å². The fourth-order valence-electron chi connectivity index (χ4n) is 3.20. The van der Waals surface area contributed by atoms with Crippen LogP contribution in [0.4, 0.5) is 10.1 Å². The molecule has 0 aromatic heterocycles. The molecule has 0 saturated carbocycles. The largest absolute Gasteiger partial charge is 0.490 e. The van der Waals surface area contributed by atoms with Crippen LogP contribution < -0.4 is 24.3 Å². The monoisotopic (exact) mass is 443 g/mol. The van der Waals surface area contributed by atoms with E-state index in [2.05, 4.69) is 5.32 Å². The van der Waals surface area contributed by atoms with Crippen LogP contribution in [0.25, 0.3) is 0 Å². The van der Waals surface area contributed by atoms with Crippen molar-refractivity contribution in [2.45, 2.75) is 20.1 Å². The number of rotatable bonds is 8. The number of benzene rings is 3. The number of hydrogen-bond donors (Lipinski definition) is 1. The molecule has 1 aliphatic rings. The van der Waals surface area contributed by atoms with Crippen molar-refractivity contribution in [2.75, 3.05) is 25.1 Å². The molecule has 1 heterocycles. The molecule has 0 saturated heterocycles. The topological polar surface area (TPSA) is 49.0 Å². The molecular weight excluding hydrogens is 421 g/mol. The maximum Gasteiger partial charge on any atom is 0.163 e. The van der Waals surface area contributed by atoms with E-state index in [9.17, 15) is 4.39 Å². The molecule has 0 spiro atoms. The molecular formula is C24H23ClFNO4. The summed E-state index contributed by atoms with van der Waals surface area (Å²) in [6, 6.07) is 15.8. The Morgan fingerprint density at radius 3 is 2.58 bits per heavy atom. The highest BCUT2D eigenvalue weighted by Crippen LogP contribution is 2.33. The Morgan fingerprint density at radius 2 is 1.77 bits per heavy atom. The summed E-state index contributed by atoms with van der Waals surface area (Å²) in [4.78, 5) is 0. The fourth-order valence-corrected chi connectivity index (χ4v) is 3.42. The van der Waals surface area contributed by atoms with Crippen molar-refractivity contribution in [3.05, 3.63) is 76.6 Å². The third kappa shape index (κ3) is 5.33. The number of hydrogen-bond acceptors (Lipinski definition) is 5. The molecule has 1 aliphatic heterocycles. The van der Waals surface area contributed by atoms with E-state index in [4.69, 9.17) is 30.5 Å². The van der Waals surface area contributed by atoms with Gasteiger partial charge in [-0.15, -0.1) is 0 Å². The van der Waals surface area contributed by atoms with Gasteiger partial charge in [0.1, 0.15) is 25.6 Å². The molecule has 0 unspecified atom stereocenters. The van der Waals surface area contributed by atoms with Crippen LogP contribution >= 0.6 is 11.6 Å². The van der Waals surface area contributed by atoms with E-state index in [-0.39, 0.29) is 12.4 Å². The zero-order valence-corrected chi connectivity index (χ0v) is 17.9. The summed E-state index contributed by atoms with van der Waals surface area (Å²) < 4.78 is 36.1. The van der Waals surface area contributed by atoms with Gasteiger partial charge >= 0.3 is 0 Å². The predicted octanol–water partition coefficient (Wildman–Crippen LogP) is 5.84. The second-order valence-electron chi connectivity index (χ2n) is 6.95. The Morgan fingerprint density at radius 1 is 0.935 bits per heavy atom. The number of fused-ring (bicyclic) bond motifs is 1. The molecule has 0 atom stereocenters. The maximum absolute atomic E-state index is 13.2. The average molecular weight is 444 g/mol. The molecule has 7 heteroatoms. The minimum atomic E-state index is -0.376. The van der Waals surface area contributed by atoms with Crippen molar-refractivity contribution >= 4 is 17.3 Å². The first kappa shape index (κ1) is 21.1. The normalized spacial score (nSPS) is 12.4. The van der Waals surface area contributed by atoms with E-state index in [1.807, 2.05) is 43.3 Å². The molecule has 1 N–H and O–H groups in total. The minimum absolute atomic E-state index is 0.216. The Balaban J connectivity index is 1.42. The average Bonchev–Trinajstić information content (AvgIpc) is 2.78. The van der Waals surface area contributed by atoms with Crippen LogP contribution in [0.5, 0.6) is 23.0 Å². The lowest BCUT2D eigenvalue weighted by Gasteiger charge is -2.19. The van der Waals surface area contributed by atoms with E-state index in [1.165, 1.54) is 12.1 Å². The first-order valence-corrected chi connectivity index (χ1v) is 10.5. The Hall–Kier alpha value is -3.12. The van der Waals surface area contributed by atoms with Gasteiger partial charge < -0.3 is 24.3 Å². The number of ether oxygens (including phenoxy) is 4. The number of anilines is 1. The second kappa shape index (κ2) is 9.79. The quantitative estimate of drug-likeness (QED) is 0.474. The summed E-state index contributed by atoms with van der Waals surface area (Å²) in [7, 11) is 0. The molecule has 0 radical (unpaired) electrons. The van der Waals surface area contributed by atoms with Crippen LogP contribution in [0.2, 0.25) is 5.02 Å². The SMILES string of the molecule is CCOc1cc(CNc2ccc3c(c2)OCCO3)ccc1OCc1ccc(F)cc1Cl. The van der Waals surface area contributed by atoms with Gasteiger partial charge in [-0.25, -0.2) is 4.39 Å². The maximum atomic E-state index is 13.2. The first-order valence-electron chi connectivity index (χ1n) is 10.1. The summed E-state index contributed by atoms with van der Waals surface area (Å²) in [5.41, 5.74) is 2.67. The van der Waals surface area contributed by atoms with Crippen molar-refractivity contribution in [3.63, 3.8) is 0 Å². The minimum Gasteiger partial charge on any atom is -0.490 e. The molecule has 4 rings (SSSR count). The van der Waals surface area contributed by atoms with Gasteiger partial charge in [0.05, 0.1) is 11.6 Å². The lowest BCUT2D eigenvalue weighted by atomic mass is 10.2. The van der Waals surface area contributed by atoms with Crippen LogP contribution in [0.1, 0.15) is 18.1 Å². The van der Waals surface area contributed by atoms with Gasteiger partial charge in [0, 0.05) is 23.9 Å². The van der Waals surface area contributed by atoms with Gasteiger partial charge in [-0.3, -0.25) is 0 Å². The molecule has 3 aromatic carbocycles. The Kier molecular flexibility index (Phi) is 6.67. The van der Waals surface area contributed by atoms with Crippen molar-refractivity contribution in [2.24, 2.45) is 0 Å². The lowest BCUT2D eigenvalue weighted by molar-refractivity contribution is 0.171. The molecule has 162 valence electrons. The van der Waals surface area contributed by atoms with Crippen LogP contribution in [0.15, 0.2) is 54.6 Å². The van der Waals surface area contributed by atoms with E-state index >= 15 is 0 Å². The van der Waals surface area contributed by atoms with Crippen molar-refractivity contribution in [3.8, 4) is 23.0 Å². The van der Waals surface area contributed by atoms with Crippen LogP contribution in [0.3, 0.4) is 0 Å². The number of nitrogens with one attached hydrogen (secondary N) is 1. The summed E-state index contributed by atoms with van der Waals surface area (Å²) in [5.74, 6) is 2.37. The fraction of sp³-hybridized carbons (Fsp3) is 0.250. The highest BCUT2D eigenvalue weighted by molar-refractivity contribution is 6.31. The standard InChI is InChI=1S/C24H23ClFNO4/c1-2-28-23-11-16(14-27-19-6-8-21-24(13-19)30-10-9-29-21)3-7-22(23)31-15-17-4-5-18(26)12-20(17)25/h3-8,11-13,27H,2,9-10,14-15H2,1H3. The zero-order chi connectivity index (χ0) is 21.6. The van der Waals surface area contributed by atoms with E-state index in [1.54, 1.807) is 6.07 Å². The van der Waals surface area contributed by atoms with Gasteiger partial charge in [-0.2, -0.15) is 0 Å². The number of halogens is 2. The Labute approximate surface area is 185 Å². The smallest absolute Gasteiger partial charge is 0.163 e. The molecule has 0 bridgehead atoms. The zero-order valence-electron chi connectivity index (χ0n) is 17.1. The van der Waals surface area contributed by atoms with E-state index in [0.29, 0.717) is 48.5 Å². The van der Waals surface area contributed by atoms with Crippen molar-refractivity contribution in [1.29, 1.82) is 0 Å². The van der Waals surface area contributed by atoms with Crippen molar-refractivity contribution in [1.82, 2.24) is 0 Å². The lowest BCUT2D eigenvalue weighted by Crippen LogP contribution is -2.15. The van der Waals surface area contributed by atoms with Crippen LogP contribution in [-0.2, 0) is 13.2 Å². The van der Waals surface area contributed by atoms with Gasteiger partial charge in [0.15, 0.2) is 23.0 Å². The van der Waals surface area contributed by atoms with E-state index < -0.39 is 0 Å². The van der Waals surface area contributed by atoms with Gasteiger partial charge in [-0.1, -0.05) is 23.7 Å². The summed E-state index contributed by atoms with van der Waals surface area (Å²) in [5, 5.41) is 3.72. The third-order valence-electron chi connectivity index (χ3n) is 4.75. The molecule has 5 nitrogen and oxygen atoms in total. The third-order valence-corrected chi connectivity index (χ3v) is 5.10. The van der Waals surface area contributed by atoms with Gasteiger partial charge in [-0.05, 0) is 48.9 Å². The summed E-state index contributed by atoms with van der Waals surface area (Å²) in [6.07, 6.45) is 0. The van der Waals surface area contributed by atoms with Crippen LogP contribution in [0, 0.1) is 5.82 Å². The molecule has 0 fully saturated rings. The summed E-state index contributed by atoms with van der Waals surface area (Å²) in [6.45, 7) is 4.37. The summed E-state index contributed by atoms with van der Waals surface area (Å²) >= 11 is 6.09. The van der Waals surface area contributed by atoms with Gasteiger partial charge in [0.2, 0.25) is 0 Å². The predicted molar refractivity (Wildman–Crippen MR) is 118 cm³/mol.